The molecular weight excluding hydrogens is 322 g/mol. The first-order valence-corrected chi connectivity index (χ1v) is 8.57. The lowest BCUT2D eigenvalue weighted by Gasteiger charge is -2.36. The minimum absolute atomic E-state index is 0.0123. The average molecular weight is 351 g/mol. The highest BCUT2D eigenvalue weighted by Crippen LogP contribution is 2.41. The highest BCUT2D eigenvalue weighted by molar-refractivity contribution is 5.74. The van der Waals surface area contributed by atoms with Crippen LogP contribution in [0.1, 0.15) is 13.8 Å². The van der Waals surface area contributed by atoms with Crippen molar-refractivity contribution < 1.29 is 19.0 Å². The average Bonchev–Trinajstić information content (AvgIpc) is 2.64. The van der Waals surface area contributed by atoms with Gasteiger partial charge in [-0.15, -0.1) is 0 Å². The van der Waals surface area contributed by atoms with E-state index >= 15 is 0 Å². The number of hydrogen-bond acceptors (Lipinski definition) is 5. The monoisotopic (exact) mass is 351 g/mol. The van der Waals surface area contributed by atoms with Crippen molar-refractivity contribution in [3.63, 3.8) is 0 Å². The minimum atomic E-state index is 0.0123. The third-order valence-corrected chi connectivity index (χ3v) is 4.24. The molecule has 1 fully saturated rings. The van der Waals surface area contributed by atoms with Gasteiger partial charge in [0.15, 0.2) is 11.5 Å². The minimum Gasteiger partial charge on any atom is -0.493 e. The van der Waals surface area contributed by atoms with Crippen LogP contribution in [0, 0.1) is 5.92 Å². The second kappa shape index (κ2) is 8.69. The Morgan fingerprint density at radius 1 is 1.04 bits per heavy atom. The Balaban J connectivity index is 2.04. The number of methoxy groups -OCH3 is 3. The number of nitrogens with one attached hydrogen (secondary N) is 1. The van der Waals surface area contributed by atoms with E-state index in [4.69, 9.17) is 14.2 Å². The Labute approximate surface area is 149 Å². The molecule has 7 nitrogen and oxygen atoms in total. The highest BCUT2D eigenvalue weighted by atomic mass is 16.5. The first kappa shape index (κ1) is 19.0. The van der Waals surface area contributed by atoms with Crippen LogP contribution in [0.4, 0.5) is 10.5 Å². The fraction of sp³-hybridized carbons (Fsp3) is 0.611. The molecule has 0 saturated carbocycles. The molecule has 1 saturated heterocycles. The smallest absolute Gasteiger partial charge is 0.317 e. The van der Waals surface area contributed by atoms with E-state index in [9.17, 15) is 4.79 Å². The molecule has 0 aliphatic carbocycles. The number of rotatable bonds is 6. The van der Waals surface area contributed by atoms with Crippen LogP contribution >= 0.6 is 0 Å². The van der Waals surface area contributed by atoms with Crippen LogP contribution in [0.2, 0.25) is 0 Å². The molecule has 0 atom stereocenters. The maximum Gasteiger partial charge on any atom is 0.317 e. The summed E-state index contributed by atoms with van der Waals surface area (Å²) in [6, 6.07) is 3.89. The zero-order chi connectivity index (χ0) is 18.4. The largest absolute Gasteiger partial charge is 0.493 e. The van der Waals surface area contributed by atoms with Gasteiger partial charge >= 0.3 is 6.03 Å². The van der Waals surface area contributed by atoms with Gasteiger partial charge in [-0.1, -0.05) is 13.8 Å². The number of anilines is 1. The molecule has 1 heterocycles. The van der Waals surface area contributed by atoms with Crippen LogP contribution < -0.4 is 24.4 Å². The number of carbonyl (C=O) groups is 1. The fourth-order valence-corrected chi connectivity index (χ4v) is 2.82. The lowest BCUT2D eigenvalue weighted by molar-refractivity contribution is 0.193. The van der Waals surface area contributed by atoms with E-state index in [2.05, 4.69) is 24.1 Å². The van der Waals surface area contributed by atoms with Gasteiger partial charge in [0.2, 0.25) is 5.75 Å². The maximum absolute atomic E-state index is 12.2. The van der Waals surface area contributed by atoms with Crippen molar-refractivity contribution in [3.8, 4) is 17.2 Å². The van der Waals surface area contributed by atoms with Crippen LogP contribution in [0.25, 0.3) is 0 Å². The number of urea groups is 1. The summed E-state index contributed by atoms with van der Waals surface area (Å²) in [4.78, 5) is 16.2. The van der Waals surface area contributed by atoms with Gasteiger partial charge in [0.05, 0.1) is 21.3 Å². The number of ether oxygens (including phenoxy) is 3. The molecule has 2 rings (SSSR count). The van der Waals surface area contributed by atoms with Crippen molar-refractivity contribution >= 4 is 11.7 Å². The predicted octanol–water partition coefficient (Wildman–Crippen LogP) is 2.20. The fourth-order valence-electron chi connectivity index (χ4n) is 2.82. The maximum atomic E-state index is 12.2. The van der Waals surface area contributed by atoms with E-state index in [1.807, 2.05) is 17.0 Å². The molecular formula is C18H29N3O4. The zero-order valence-corrected chi connectivity index (χ0v) is 15.8. The number of benzene rings is 1. The molecule has 1 N–H and O–H groups in total. The highest BCUT2D eigenvalue weighted by Gasteiger charge is 2.23. The van der Waals surface area contributed by atoms with Gasteiger partial charge in [0.1, 0.15) is 0 Å². The van der Waals surface area contributed by atoms with Crippen molar-refractivity contribution in [1.29, 1.82) is 0 Å². The van der Waals surface area contributed by atoms with Crippen LogP contribution in [0.3, 0.4) is 0 Å². The number of hydrogen-bond donors (Lipinski definition) is 1. The van der Waals surface area contributed by atoms with E-state index in [0.29, 0.717) is 42.8 Å². The quantitative estimate of drug-likeness (QED) is 0.851. The zero-order valence-electron chi connectivity index (χ0n) is 15.8. The molecule has 25 heavy (non-hydrogen) atoms. The Morgan fingerprint density at radius 2 is 1.60 bits per heavy atom. The summed E-state index contributed by atoms with van der Waals surface area (Å²) >= 11 is 0. The Bertz CT molecular complexity index is 559. The number of amides is 2. The van der Waals surface area contributed by atoms with Crippen molar-refractivity contribution in [2.75, 3.05) is 59.0 Å². The number of carbonyl (C=O) groups excluding carboxylic acids is 1. The van der Waals surface area contributed by atoms with Gasteiger partial charge in [-0.3, -0.25) is 0 Å². The molecule has 2 amide bonds. The first-order chi connectivity index (χ1) is 12.0. The molecule has 0 aromatic heterocycles. The molecule has 0 bridgehead atoms. The number of piperazine rings is 1. The summed E-state index contributed by atoms with van der Waals surface area (Å²) < 4.78 is 16.2. The van der Waals surface area contributed by atoms with Crippen LogP contribution in [-0.2, 0) is 0 Å². The molecule has 0 unspecified atom stereocenters. The van der Waals surface area contributed by atoms with Gasteiger partial charge in [-0.2, -0.15) is 0 Å². The standard InChI is InChI=1S/C18H29N3O4/c1-13(2)12-19-18(22)21-8-6-20(7-9-21)14-10-15(23-3)17(25-5)16(11-14)24-4/h10-11,13H,6-9,12H2,1-5H3,(H,19,22). The van der Waals surface area contributed by atoms with E-state index in [-0.39, 0.29) is 6.03 Å². The summed E-state index contributed by atoms with van der Waals surface area (Å²) in [6.45, 7) is 7.75. The molecule has 1 aromatic carbocycles. The van der Waals surface area contributed by atoms with Crippen molar-refractivity contribution in [2.24, 2.45) is 5.92 Å². The summed E-state index contributed by atoms with van der Waals surface area (Å²) in [5.41, 5.74) is 0.997. The van der Waals surface area contributed by atoms with E-state index in [0.717, 1.165) is 18.8 Å². The number of nitrogens with zero attached hydrogens (tertiary/aromatic N) is 2. The summed E-state index contributed by atoms with van der Waals surface area (Å²) in [5, 5.41) is 2.97. The Kier molecular flexibility index (Phi) is 6.61. The van der Waals surface area contributed by atoms with E-state index < -0.39 is 0 Å². The van der Waals surface area contributed by atoms with Gasteiger partial charge < -0.3 is 29.3 Å². The van der Waals surface area contributed by atoms with Crippen LogP contribution in [-0.4, -0.2) is 65.0 Å². The van der Waals surface area contributed by atoms with Gasteiger partial charge in [-0.25, -0.2) is 4.79 Å². The molecule has 0 spiro atoms. The summed E-state index contributed by atoms with van der Waals surface area (Å²) in [7, 11) is 4.81. The first-order valence-electron chi connectivity index (χ1n) is 8.57. The summed E-state index contributed by atoms with van der Waals surface area (Å²) in [6.07, 6.45) is 0. The van der Waals surface area contributed by atoms with Gasteiger partial charge in [0, 0.05) is 50.5 Å². The predicted molar refractivity (Wildman–Crippen MR) is 98.1 cm³/mol. The summed E-state index contributed by atoms with van der Waals surface area (Å²) in [5.74, 6) is 2.30. The lowest BCUT2D eigenvalue weighted by atomic mass is 10.2. The van der Waals surface area contributed by atoms with Crippen molar-refractivity contribution in [1.82, 2.24) is 10.2 Å². The second-order valence-corrected chi connectivity index (χ2v) is 6.44. The normalized spacial score (nSPS) is 14.5. The molecule has 1 aromatic rings. The SMILES string of the molecule is COc1cc(N2CCN(C(=O)NCC(C)C)CC2)cc(OC)c1OC. The van der Waals surface area contributed by atoms with Crippen LogP contribution in [0.15, 0.2) is 12.1 Å². The van der Waals surface area contributed by atoms with E-state index in [1.165, 1.54) is 0 Å². The second-order valence-electron chi connectivity index (χ2n) is 6.44. The lowest BCUT2D eigenvalue weighted by Crippen LogP contribution is -2.52. The third-order valence-electron chi connectivity index (χ3n) is 4.24. The van der Waals surface area contributed by atoms with E-state index in [1.54, 1.807) is 21.3 Å². The van der Waals surface area contributed by atoms with Crippen LogP contribution in [0.5, 0.6) is 17.2 Å². The van der Waals surface area contributed by atoms with Crippen molar-refractivity contribution in [2.45, 2.75) is 13.8 Å². The van der Waals surface area contributed by atoms with Crippen molar-refractivity contribution in [3.05, 3.63) is 12.1 Å². The van der Waals surface area contributed by atoms with Gasteiger partial charge in [-0.05, 0) is 5.92 Å². The Hall–Kier alpha value is -2.31. The molecule has 0 radical (unpaired) electrons. The topological polar surface area (TPSA) is 63.3 Å². The van der Waals surface area contributed by atoms with Gasteiger partial charge in [0.25, 0.3) is 0 Å². The molecule has 140 valence electrons. The third kappa shape index (κ3) is 4.61. The Morgan fingerprint density at radius 3 is 2.04 bits per heavy atom. The molecule has 7 heteroatoms. The molecule has 1 aliphatic heterocycles. The molecule has 1 aliphatic rings.